The van der Waals surface area contributed by atoms with Gasteiger partial charge in [0.25, 0.3) is 5.56 Å². The van der Waals surface area contributed by atoms with Crippen LogP contribution in [0.1, 0.15) is 18.1 Å². The first-order valence-electron chi connectivity index (χ1n) is 8.07. The fourth-order valence-corrected chi connectivity index (χ4v) is 3.05. The first kappa shape index (κ1) is 15.8. The van der Waals surface area contributed by atoms with E-state index in [2.05, 4.69) is 9.98 Å². The van der Waals surface area contributed by atoms with Crippen LogP contribution < -0.4 is 11.2 Å². The fraction of sp³-hybridized carbons (Fsp3) is 0.0500. The van der Waals surface area contributed by atoms with Crippen LogP contribution in [0.4, 0.5) is 5.69 Å². The summed E-state index contributed by atoms with van der Waals surface area (Å²) in [6.45, 7) is 1.84. The number of nitrogens with one attached hydrogen (secondary N) is 1. The Morgan fingerprint density at radius 3 is 2.50 bits per heavy atom. The Kier molecular flexibility index (Phi) is 3.65. The molecule has 1 aliphatic rings. The predicted molar refractivity (Wildman–Crippen MR) is 101 cm³/mol. The summed E-state index contributed by atoms with van der Waals surface area (Å²) in [5.41, 5.74) is 2.28. The van der Waals surface area contributed by atoms with Gasteiger partial charge >= 0.3 is 5.69 Å². The number of aromatic amines is 1. The van der Waals surface area contributed by atoms with Crippen LogP contribution >= 0.6 is 0 Å². The second-order valence-corrected chi connectivity index (χ2v) is 5.94. The predicted octanol–water partition coefficient (Wildman–Crippen LogP) is 2.88. The van der Waals surface area contributed by atoms with Crippen LogP contribution in [0.2, 0.25) is 0 Å². The van der Waals surface area contributed by atoms with Crippen molar-refractivity contribution in [3.63, 3.8) is 0 Å². The summed E-state index contributed by atoms with van der Waals surface area (Å²) in [6, 6.07) is 16.2. The molecule has 0 saturated heterocycles. The number of hydrogen-bond donors (Lipinski definition) is 2. The highest BCUT2D eigenvalue weighted by Gasteiger charge is 2.20. The van der Waals surface area contributed by atoms with Gasteiger partial charge in [-0.3, -0.25) is 14.8 Å². The third-order valence-electron chi connectivity index (χ3n) is 4.30. The van der Waals surface area contributed by atoms with Crippen LogP contribution in [0.5, 0.6) is 5.88 Å². The van der Waals surface area contributed by atoms with Gasteiger partial charge in [-0.05, 0) is 31.2 Å². The Hall–Kier alpha value is -3.67. The monoisotopic (exact) mass is 345 g/mol. The van der Waals surface area contributed by atoms with E-state index in [9.17, 15) is 14.7 Å². The number of benzene rings is 2. The molecule has 26 heavy (non-hydrogen) atoms. The average molecular weight is 345 g/mol. The van der Waals surface area contributed by atoms with Crippen LogP contribution in [0.3, 0.4) is 0 Å². The van der Waals surface area contributed by atoms with E-state index in [-0.39, 0.29) is 5.56 Å². The molecule has 0 unspecified atom stereocenters. The molecule has 0 fully saturated rings. The van der Waals surface area contributed by atoms with Gasteiger partial charge in [0.2, 0.25) is 5.88 Å². The number of aromatic hydroxyl groups is 1. The van der Waals surface area contributed by atoms with Crippen LogP contribution in [-0.4, -0.2) is 20.4 Å². The molecule has 0 saturated carbocycles. The Balaban J connectivity index is 1.96. The molecule has 2 aromatic carbocycles. The lowest BCUT2D eigenvalue weighted by Gasteiger charge is -2.10. The molecular formula is C20H15N3O3. The zero-order chi connectivity index (χ0) is 18.3. The maximum Gasteiger partial charge on any atom is 0.335 e. The minimum Gasteiger partial charge on any atom is -0.494 e. The molecule has 2 N–H and O–H groups in total. The van der Waals surface area contributed by atoms with Crippen LogP contribution in [0, 0.1) is 0 Å². The van der Waals surface area contributed by atoms with E-state index in [1.807, 2.05) is 31.2 Å². The van der Waals surface area contributed by atoms with Crippen molar-refractivity contribution in [3.05, 3.63) is 86.6 Å². The van der Waals surface area contributed by atoms with E-state index in [0.717, 1.165) is 27.1 Å². The summed E-state index contributed by atoms with van der Waals surface area (Å²) < 4.78 is 1.07. The minimum atomic E-state index is -0.696. The SMILES string of the molecule is CC1=Nc2ccccc2/C1=C/c1c(O)n(-c2ccccc2)c(=O)[nH]c1=O. The third kappa shape index (κ3) is 2.48. The van der Waals surface area contributed by atoms with E-state index in [0.29, 0.717) is 5.69 Å². The molecule has 0 aliphatic carbocycles. The van der Waals surface area contributed by atoms with Crippen molar-refractivity contribution in [1.82, 2.24) is 9.55 Å². The average Bonchev–Trinajstić information content (AvgIpc) is 2.94. The third-order valence-corrected chi connectivity index (χ3v) is 4.30. The van der Waals surface area contributed by atoms with Crippen molar-refractivity contribution in [2.24, 2.45) is 4.99 Å². The summed E-state index contributed by atoms with van der Waals surface area (Å²) in [4.78, 5) is 31.3. The number of aromatic nitrogens is 2. The summed E-state index contributed by atoms with van der Waals surface area (Å²) >= 11 is 0. The topological polar surface area (TPSA) is 87.4 Å². The van der Waals surface area contributed by atoms with Crippen molar-refractivity contribution in [3.8, 4) is 11.6 Å². The summed E-state index contributed by atoms with van der Waals surface area (Å²) in [5, 5.41) is 10.7. The van der Waals surface area contributed by atoms with E-state index < -0.39 is 17.1 Å². The van der Waals surface area contributed by atoms with Crippen molar-refractivity contribution in [1.29, 1.82) is 0 Å². The second kappa shape index (κ2) is 6.00. The molecule has 4 rings (SSSR count). The van der Waals surface area contributed by atoms with Gasteiger partial charge < -0.3 is 5.11 Å². The Bertz CT molecular complexity index is 1180. The molecule has 0 atom stereocenters. The maximum absolute atomic E-state index is 12.3. The molecule has 6 nitrogen and oxygen atoms in total. The summed E-state index contributed by atoms with van der Waals surface area (Å²) in [7, 11) is 0. The van der Waals surface area contributed by atoms with E-state index >= 15 is 0 Å². The lowest BCUT2D eigenvalue weighted by atomic mass is 10.0. The highest BCUT2D eigenvalue weighted by Crippen LogP contribution is 2.36. The lowest BCUT2D eigenvalue weighted by molar-refractivity contribution is 0.429. The summed E-state index contributed by atoms with van der Waals surface area (Å²) in [6.07, 6.45) is 1.57. The highest BCUT2D eigenvalue weighted by molar-refractivity contribution is 6.31. The summed E-state index contributed by atoms with van der Waals surface area (Å²) in [5.74, 6) is -0.408. The Labute approximate surface area is 148 Å². The molecule has 0 radical (unpaired) electrons. The van der Waals surface area contributed by atoms with Crippen molar-refractivity contribution >= 4 is 23.0 Å². The van der Waals surface area contributed by atoms with E-state index in [4.69, 9.17) is 0 Å². The quantitative estimate of drug-likeness (QED) is 0.749. The van der Waals surface area contributed by atoms with Gasteiger partial charge in [-0.15, -0.1) is 0 Å². The smallest absolute Gasteiger partial charge is 0.335 e. The Morgan fingerprint density at radius 2 is 1.73 bits per heavy atom. The zero-order valence-electron chi connectivity index (χ0n) is 13.9. The molecule has 0 spiro atoms. The molecular weight excluding hydrogens is 330 g/mol. The number of rotatable bonds is 2. The van der Waals surface area contributed by atoms with Crippen LogP contribution in [-0.2, 0) is 0 Å². The van der Waals surface area contributed by atoms with Crippen LogP contribution in [0.15, 0.2) is 69.2 Å². The largest absolute Gasteiger partial charge is 0.494 e. The first-order chi connectivity index (χ1) is 12.6. The molecule has 0 amide bonds. The normalized spacial score (nSPS) is 14.3. The lowest BCUT2D eigenvalue weighted by Crippen LogP contribution is -2.30. The van der Waals surface area contributed by atoms with Gasteiger partial charge in [-0.25, -0.2) is 9.36 Å². The number of H-pyrrole nitrogens is 1. The van der Waals surface area contributed by atoms with Gasteiger partial charge in [0.05, 0.1) is 11.4 Å². The number of hydrogen-bond acceptors (Lipinski definition) is 4. The minimum absolute atomic E-state index is 0.00899. The van der Waals surface area contributed by atoms with Gasteiger partial charge in [-0.2, -0.15) is 0 Å². The fourth-order valence-electron chi connectivity index (χ4n) is 3.05. The van der Waals surface area contributed by atoms with Crippen molar-refractivity contribution < 1.29 is 5.11 Å². The van der Waals surface area contributed by atoms with Gasteiger partial charge in [-0.1, -0.05) is 36.4 Å². The molecule has 1 aromatic heterocycles. The molecule has 6 heteroatoms. The molecule has 128 valence electrons. The molecule has 3 aromatic rings. The number of nitrogens with zero attached hydrogens (tertiary/aromatic N) is 2. The van der Waals surface area contributed by atoms with Crippen molar-refractivity contribution in [2.75, 3.05) is 0 Å². The van der Waals surface area contributed by atoms with Crippen molar-refractivity contribution in [2.45, 2.75) is 6.92 Å². The maximum atomic E-state index is 12.3. The second-order valence-electron chi connectivity index (χ2n) is 5.94. The first-order valence-corrected chi connectivity index (χ1v) is 8.07. The zero-order valence-corrected chi connectivity index (χ0v) is 13.9. The number of para-hydroxylation sites is 2. The van der Waals surface area contributed by atoms with Gasteiger partial charge in [0, 0.05) is 16.8 Å². The standard InChI is InChI=1S/C20H15N3O3/c1-12-15(14-9-5-6-10-17(14)21-12)11-16-18(24)22-20(26)23(19(16)25)13-7-3-2-4-8-13/h2-11,25H,1H3,(H,22,24,26)/b15-11+. The molecule has 0 bridgehead atoms. The van der Waals surface area contributed by atoms with E-state index in [1.54, 1.807) is 36.4 Å². The number of fused-ring (bicyclic) bond motifs is 1. The van der Waals surface area contributed by atoms with Gasteiger partial charge in [0.1, 0.15) is 5.56 Å². The molecule has 1 aliphatic heterocycles. The molecule has 2 heterocycles. The number of allylic oxidation sites excluding steroid dienone is 1. The number of aliphatic imine (C=N–C) groups is 1. The highest BCUT2D eigenvalue weighted by atomic mass is 16.3. The Morgan fingerprint density at radius 1 is 1.04 bits per heavy atom. The van der Waals surface area contributed by atoms with E-state index in [1.165, 1.54) is 0 Å². The van der Waals surface area contributed by atoms with Gasteiger partial charge in [0.15, 0.2) is 0 Å². The van der Waals surface area contributed by atoms with Crippen LogP contribution in [0.25, 0.3) is 17.3 Å².